The molecule has 2 aromatic rings. The minimum Gasteiger partial charge on any atom is -0.436 e. The van der Waals surface area contributed by atoms with Crippen LogP contribution < -0.4 is 4.74 Å². The lowest BCUT2D eigenvalue weighted by Gasteiger charge is -2.08. The molecular weight excluding hydrogens is 333 g/mol. The number of aromatic nitrogens is 2. The van der Waals surface area contributed by atoms with Gasteiger partial charge in [-0.05, 0) is 13.0 Å². The average molecular weight is 344 g/mol. The van der Waals surface area contributed by atoms with Crippen molar-refractivity contribution in [3.8, 4) is 11.6 Å². The maximum absolute atomic E-state index is 13.8. The molecule has 0 atom stereocenters. The molecule has 0 bridgehead atoms. The molecule has 0 unspecified atom stereocenters. The summed E-state index contributed by atoms with van der Waals surface area (Å²) in [6.45, 7) is 1.82. The smallest absolute Gasteiger partial charge is 0.272 e. The molecule has 1 heterocycles. The van der Waals surface area contributed by atoms with Crippen LogP contribution in [-0.4, -0.2) is 14.7 Å². The van der Waals surface area contributed by atoms with E-state index in [1.54, 1.807) is 7.05 Å². The van der Waals surface area contributed by atoms with Gasteiger partial charge in [0.1, 0.15) is 0 Å². The van der Waals surface area contributed by atoms with Gasteiger partial charge in [0.15, 0.2) is 11.6 Å². The van der Waals surface area contributed by atoms with Crippen molar-refractivity contribution in [2.75, 3.05) is 0 Å². The van der Waals surface area contributed by atoms with Crippen LogP contribution >= 0.6 is 15.9 Å². The van der Waals surface area contributed by atoms with Gasteiger partial charge in [-0.15, -0.1) is 0 Å². The quantitative estimate of drug-likeness (QED) is 0.484. The third-order valence-electron chi connectivity index (χ3n) is 2.76. The molecule has 106 valence electrons. The minimum absolute atomic E-state index is 0.0826. The van der Waals surface area contributed by atoms with E-state index in [1.165, 1.54) is 16.8 Å². The number of hydrogen-bond acceptors (Lipinski definition) is 4. The second-order valence-electron chi connectivity index (χ2n) is 4.10. The maximum Gasteiger partial charge on any atom is 0.272 e. The Morgan fingerprint density at radius 2 is 2.25 bits per heavy atom. The summed E-state index contributed by atoms with van der Waals surface area (Å²) >= 11 is 3.32. The van der Waals surface area contributed by atoms with Crippen molar-refractivity contribution in [1.29, 1.82) is 0 Å². The molecule has 1 aromatic heterocycles. The topological polar surface area (TPSA) is 70.2 Å². The lowest BCUT2D eigenvalue weighted by atomic mass is 10.3. The zero-order valence-corrected chi connectivity index (χ0v) is 12.3. The third kappa shape index (κ3) is 2.64. The van der Waals surface area contributed by atoms with E-state index in [0.29, 0.717) is 11.2 Å². The van der Waals surface area contributed by atoms with Gasteiger partial charge in [-0.3, -0.25) is 10.1 Å². The van der Waals surface area contributed by atoms with Gasteiger partial charge in [-0.1, -0.05) is 15.9 Å². The Kier molecular flexibility index (Phi) is 4.03. The first-order valence-electron chi connectivity index (χ1n) is 5.64. The van der Waals surface area contributed by atoms with Crippen LogP contribution in [0.5, 0.6) is 11.6 Å². The molecule has 0 saturated carbocycles. The molecule has 0 N–H and O–H groups in total. The number of nitrogens with zero attached hydrogens (tertiary/aromatic N) is 3. The SMILES string of the molecule is Cc1nn(C)c(Oc2ccc([N+](=O)[O-])cc2F)c1CBr. The van der Waals surface area contributed by atoms with Gasteiger partial charge in [0.25, 0.3) is 5.69 Å². The third-order valence-corrected chi connectivity index (χ3v) is 3.32. The first-order valence-corrected chi connectivity index (χ1v) is 6.76. The predicted molar refractivity (Wildman–Crippen MR) is 73.7 cm³/mol. The number of benzene rings is 1. The van der Waals surface area contributed by atoms with Crippen LogP contribution in [0.1, 0.15) is 11.3 Å². The van der Waals surface area contributed by atoms with Crippen LogP contribution in [0.4, 0.5) is 10.1 Å². The average Bonchev–Trinajstić information content (AvgIpc) is 2.65. The Hall–Kier alpha value is -1.96. The van der Waals surface area contributed by atoms with Gasteiger partial charge < -0.3 is 4.74 Å². The summed E-state index contributed by atoms with van der Waals surface area (Å²) in [5.74, 6) is -0.480. The van der Waals surface area contributed by atoms with E-state index in [4.69, 9.17) is 4.74 Å². The Morgan fingerprint density at radius 3 is 2.80 bits per heavy atom. The van der Waals surface area contributed by atoms with E-state index in [1.807, 2.05) is 6.92 Å². The summed E-state index contributed by atoms with van der Waals surface area (Å²) < 4.78 is 20.8. The van der Waals surface area contributed by atoms with Crippen LogP contribution in [0.15, 0.2) is 18.2 Å². The molecule has 0 spiro atoms. The fourth-order valence-electron chi connectivity index (χ4n) is 1.75. The Morgan fingerprint density at radius 1 is 1.55 bits per heavy atom. The molecule has 0 aliphatic rings. The van der Waals surface area contributed by atoms with E-state index < -0.39 is 10.7 Å². The minimum atomic E-state index is -0.793. The number of alkyl halides is 1. The van der Waals surface area contributed by atoms with Crippen LogP contribution in [0.25, 0.3) is 0 Å². The Balaban J connectivity index is 2.38. The number of non-ortho nitro benzene ring substituents is 1. The van der Waals surface area contributed by atoms with E-state index in [9.17, 15) is 14.5 Å². The number of hydrogen-bond donors (Lipinski definition) is 0. The van der Waals surface area contributed by atoms with Crippen LogP contribution in [-0.2, 0) is 12.4 Å². The van der Waals surface area contributed by atoms with Crippen molar-refractivity contribution < 1.29 is 14.1 Å². The normalized spacial score (nSPS) is 10.6. The summed E-state index contributed by atoms with van der Waals surface area (Å²) in [6, 6.07) is 3.25. The Labute approximate surface area is 122 Å². The van der Waals surface area contributed by atoms with Crippen molar-refractivity contribution in [2.45, 2.75) is 12.3 Å². The number of halogens is 2. The molecular formula is C12H11BrFN3O3. The Bertz CT molecular complexity index is 672. The summed E-state index contributed by atoms with van der Waals surface area (Å²) in [5, 5.41) is 15.3. The summed E-state index contributed by atoms with van der Waals surface area (Å²) in [6.07, 6.45) is 0. The van der Waals surface area contributed by atoms with Gasteiger partial charge in [0.2, 0.25) is 5.88 Å². The van der Waals surface area contributed by atoms with E-state index in [0.717, 1.165) is 17.3 Å². The van der Waals surface area contributed by atoms with E-state index in [2.05, 4.69) is 21.0 Å². The largest absolute Gasteiger partial charge is 0.436 e. The number of nitro benzene ring substituents is 1. The van der Waals surface area contributed by atoms with Crippen molar-refractivity contribution in [1.82, 2.24) is 9.78 Å². The highest BCUT2D eigenvalue weighted by atomic mass is 79.9. The number of ether oxygens (including phenoxy) is 1. The lowest BCUT2D eigenvalue weighted by Crippen LogP contribution is -1.98. The monoisotopic (exact) mass is 343 g/mol. The molecule has 0 radical (unpaired) electrons. The van der Waals surface area contributed by atoms with Crippen molar-refractivity contribution in [3.63, 3.8) is 0 Å². The lowest BCUT2D eigenvalue weighted by molar-refractivity contribution is -0.385. The van der Waals surface area contributed by atoms with Gasteiger partial charge in [0, 0.05) is 24.0 Å². The highest BCUT2D eigenvalue weighted by Crippen LogP contribution is 2.31. The maximum atomic E-state index is 13.8. The standard InChI is InChI=1S/C12H11BrFN3O3/c1-7-9(6-13)12(16(2)15-7)20-11-4-3-8(17(18)19)5-10(11)14/h3-5H,6H2,1-2H3. The van der Waals surface area contributed by atoms with Gasteiger partial charge >= 0.3 is 0 Å². The molecule has 0 fully saturated rings. The first kappa shape index (κ1) is 14.4. The highest BCUT2D eigenvalue weighted by molar-refractivity contribution is 9.08. The fourth-order valence-corrected chi connectivity index (χ4v) is 2.40. The molecule has 0 aliphatic heterocycles. The molecule has 20 heavy (non-hydrogen) atoms. The molecule has 0 saturated heterocycles. The first-order chi connectivity index (χ1) is 9.43. The summed E-state index contributed by atoms with van der Waals surface area (Å²) in [7, 11) is 1.68. The highest BCUT2D eigenvalue weighted by Gasteiger charge is 2.18. The van der Waals surface area contributed by atoms with E-state index >= 15 is 0 Å². The second kappa shape index (κ2) is 5.58. The van der Waals surface area contributed by atoms with Crippen molar-refractivity contribution in [2.24, 2.45) is 7.05 Å². The van der Waals surface area contributed by atoms with E-state index in [-0.39, 0.29) is 11.4 Å². The zero-order valence-electron chi connectivity index (χ0n) is 10.8. The fraction of sp³-hybridized carbons (Fsp3) is 0.250. The summed E-state index contributed by atoms with van der Waals surface area (Å²) in [5.41, 5.74) is 1.24. The van der Waals surface area contributed by atoms with Gasteiger partial charge in [-0.25, -0.2) is 9.07 Å². The zero-order chi connectivity index (χ0) is 14.9. The summed E-state index contributed by atoms with van der Waals surface area (Å²) in [4.78, 5) is 9.90. The molecule has 2 rings (SSSR count). The second-order valence-corrected chi connectivity index (χ2v) is 4.66. The van der Waals surface area contributed by atoms with Crippen LogP contribution in [0.2, 0.25) is 0 Å². The number of rotatable bonds is 4. The van der Waals surface area contributed by atoms with Crippen molar-refractivity contribution in [3.05, 3.63) is 45.4 Å². The van der Waals surface area contributed by atoms with Crippen molar-refractivity contribution >= 4 is 21.6 Å². The number of nitro groups is 1. The molecule has 6 nitrogen and oxygen atoms in total. The van der Waals surface area contributed by atoms with Crippen LogP contribution in [0, 0.1) is 22.9 Å². The molecule has 0 amide bonds. The molecule has 1 aromatic carbocycles. The van der Waals surface area contributed by atoms with Gasteiger partial charge in [0.05, 0.1) is 16.7 Å². The molecule has 0 aliphatic carbocycles. The van der Waals surface area contributed by atoms with Gasteiger partial charge in [-0.2, -0.15) is 5.10 Å². The molecule has 8 heteroatoms. The number of aryl methyl sites for hydroxylation is 2. The van der Waals surface area contributed by atoms with Crippen LogP contribution in [0.3, 0.4) is 0 Å². The predicted octanol–water partition coefficient (Wildman–Crippen LogP) is 3.46.